The molecule has 16 heavy (non-hydrogen) atoms. The van der Waals surface area contributed by atoms with Gasteiger partial charge in [-0.3, -0.25) is 0 Å². The lowest BCUT2D eigenvalue weighted by atomic mass is 10.2. The van der Waals surface area contributed by atoms with E-state index < -0.39 is 0 Å². The first-order chi connectivity index (χ1) is 7.70. The maximum absolute atomic E-state index is 5.77. The zero-order valence-electron chi connectivity index (χ0n) is 9.75. The molecule has 1 aliphatic carbocycles. The van der Waals surface area contributed by atoms with E-state index in [4.69, 9.17) is 5.73 Å². The largest absolute Gasteiger partial charge is 0.399 e. The summed E-state index contributed by atoms with van der Waals surface area (Å²) in [7, 11) is 0. The summed E-state index contributed by atoms with van der Waals surface area (Å²) in [5.74, 6) is 0.913. The quantitative estimate of drug-likeness (QED) is 0.836. The second-order valence-electron chi connectivity index (χ2n) is 4.60. The second kappa shape index (κ2) is 5.09. The lowest BCUT2D eigenvalue weighted by molar-refractivity contribution is 0.707. The lowest BCUT2D eigenvalue weighted by Crippen LogP contribution is -2.26. The average molecular weight is 283 g/mol. The van der Waals surface area contributed by atoms with Crippen LogP contribution in [0.25, 0.3) is 0 Å². The summed E-state index contributed by atoms with van der Waals surface area (Å²) in [5, 5.41) is 0. The molecular formula is C13H19BrN2. The Morgan fingerprint density at radius 3 is 2.75 bits per heavy atom. The molecule has 88 valence electrons. The van der Waals surface area contributed by atoms with Crippen LogP contribution in [0.2, 0.25) is 0 Å². The summed E-state index contributed by atoms with van der Waals surface area (Å²) in [5.41, 5.74) is 7.87. The van der Waals surface area contributed by atoms with E-state index >= 15 is 0 Å². The molecule has 0 unspecified atom stereocenters. The van der Waals surface area contributed by atoms with Crippen molar-refractivity contribution in [3.63, 3.8) is 0 Å². The van der Waals surface area contributed by atoms with Gasteiger partial charge in [0, 0.05) is 23.2 Å². The third-order valence-corrected chi connectivity index (χ3v) is 3.62. The van der Waals surface area contributed by atoms with E-state index in [1.54, 1.807) is 0 Å². The Balaban J connectivity index is 2.15. The van der Waals surface area contributed by atoms with Gasteiger partial charge in [0.1, 0.15) is 0 Å². The van der Waals surface area contributed by atoms with Gasteiger partial charge in [-0.2, -0.15) is 0 Å². The van der Waals surface area contributed by atoms with Gasteiger partial charge in [-0.15, -0.1) is 0 Å². The van der Waals surface area contributed by atoms with E-state index in [0.717, 1.165) is 22.6 Å². The van der Waals surface area contributed by atoms with Crippen molar-refractivity contribution in [3.05, 3.63) is 22.7 Å². The van der Waals surface area contributed by atoms with Crippen LogP contribution in [0.4, 0.5) is 11.4 Å². The molecule has 3 heteroatoms. The van der Waals surface area contributed by atoms with E-state index in [9.17, 15) is 0 Å². The Bertz CT molecular complexity index is 361. The number of anilines is 2. The molecule has 2 N–H and O–H groups in total. The predicted octanol–water partition coefficient (Wildman–Crippen LogP) is 3.66. The van der Waals surface area contributed by atoms with Gasteiger partial charge in [-0.05, 0) is 59.3 Å². The van der Waals surface area contributed by atoms with Gasteiger partial charge in [-0.25, -0.2) is 0 Å². The van der Waals surface area contributed by atoms with Gasteiger partial charge in [-0.1, -0.05) is 6.92 Å². The smallest absolute Gasteiger partial charge is 0.0512 e. The Labute approximate surface area is 106 Å². The van der Waals surface area contributed by atoms with Crippen molar-refractivity contribution >= 4 is 27.3 Å². The monoisotopic (exact) mass is 282 g/mol. The molecule has 2 rings (SSSR count). The van der Waals surface area contributed by atoms with Crippen molar-refractivity contribution in [2.45, 2.75) is 26.2 Å². The average Bonchev–Trinajstić information content (AvgIpc) is 3.01. The topological polar surface area (TPSA) is 29.3 Å². The van der Waals surface area contributed by atoms with Crippen LogP contribution in [0.3, 0.4) is 0 Å². The van der Waals surface area contributed by atoms with Crippen LogP contribution in [0.5, 0.6) is 0 Å². The highest BCUT2D eigenvalue weighted by Gasteiger charge is 2.24. The minimum absolute atomic E-state index is 0.818. The minimum Gasteiger partial charge on any atom is -0.399 e. The summed E-state index contributed by atoms with van der Waals surface area (Å²) in [6, 6.07) is 6.10. The highest BCUT2D eigenvalue weighted by atomic mass is 79.9. The van der Waals surface area contributed by atoms with E-state index in [0.29, 0.717) is 0 Å². The van der Waals surface area contributed by atoms with Crippen molar-refractivity contribution < 1.29 is 0 Å². The number of nitrogen functional groups attached to an aromatic ring is 1. The van der Waals surface area contributed by atoms with Crippen LogP contribution in [-0.2, 0) is 0 Å². The number of benzene rings is 1. The Kier molecular flexibility index (Phi) is 3.74. The van der Waals surface area contributed by atoms with Gasteiger partial charge in [0.05, 0.1) is 5.69 Å². The highest BCUT2D eigenvalue weighted by Crippen LogP contribution is 2.34. The molecule has 0 atom stereocenters. The third kappa shape index (κ3) is 2.91. The van der Waals surface area contributed by atoms with Gasteiger partial charge in [0.2, 0.25) is 0 Å². The fraction of sp³-hybridized carbons (Fsp3) is 0.538. The molecule has 0 heterocycles. The number of nitrogens with two attached hydrogens (primary N) is 1. The SMILES string of the molecule is CCCN(CC1CC1)c1ccc(N)cc1Br. The number of nitrogens with zero attached hydrogens (tertiary/aromatic N) is 1. The van der Waals surface area contributed by atoms with Crippen LogP contribution in [-0.4, -0.2) is 13.1 Å². The van der Waals surface area contributed by atoms with E-state index in [1.807, 2.05) is 12.1 Å². The van der Waals surface area contributed by atoms with Crippen molar-refractivity contribution in [1.82, 2.24) is 0 Å². The van der Waals surface area contributed by atoms with Crippen LogP contribution < -0.4 is 10.6 Å². The first-order valence-electron chi connectivity index (χ1n) is 6.00. The lowest BCUT2D eigenvalue weighted by Gasteiger charge is -2.25. The number of hydrogen-bond acceptors (Lipinski definition) is 2. The van der Waals surface area contributed by atoms with Crippen LogP contribution >= 0.6 is 15.9 Å². The molecule has 1 saturated carbocycles. The zero-order valence-corrected chi connectivity index (χ0v) is 11.3. The zero-order chi connectivity index (χ0) is 11.5. The van der Waals surface area contributed by atoms with Crippen molar-refractivity contribution in [2.75, 3.05) is 23.7 Å². The highest BCUT2D eigenvalue weighted by molar-refractivity contribution is 9.10. The van der Waals surface area contributed by atoms with Crippen LogP contribution in [0, 0.1) is 5.92 Å². The third-order valence-electron chi connectivity index (χ3n) is 2.98. The Hall–Kier alpha value is -0.700. The summed E-state index contributed by atoms with van der Waals surface area (Å²) in [4.78, 5) is 2.47. The van der Waals surface area contributed by atoms with E-state index in [-0.39, 0.29) is 0 Å². The first kappa shape index (κ1) is 11.8. The molecule has 0 bridgehead atoms. The molecule has 0 radical (unpaired) electrons. The molecule has 1 aliphatic rings. The first-order valence-corrected chi connectivity index (χ1v) is 6.80. The molecule has 0 saturated heterocycles. The summed E-state index contributed by atoms with van der Waals surface area (Å²) in [6.07, 6.45) is 3.98. The van der Waals surface area contributed by atoms with E-state index in [1.165, 1.54) is 31.5 Å². The normalized spacial score (nSPS) is 15.1. The Morgan fingerprint density at radius 1 is 1.44 bits per heavy atom. The molecule has 2 nitrogen and oxygen atoms in total. The van der Waals surface area contributed by atoms with Gasteiger partial charge < -0.3 is 10.6 Å². The minimum atomic E-state index is 0.818. The van der Waals surface area contributed by atoms with Crippen LogP contribution in [0.1, 0.15) is 26.2 Å². The molecule has 0 amide bonds. The summed E-state index contributed by atoms with van der Waals surface area (Å²) >= 11 is 3.61. The summed E-state index contributed by atoms with van der Waals surface area (Å²) < 4.78 is 1.11. The van der Waals surface area contributed by atoms with Crippen molar-refractivity contribution in [2.24, 2.45) is 5.92 Å². The molecule has 1 aromatic rings. The van der Waals surface area contributed by atoms with Gasteiger partial charge >= 0.3 is 0 Å². The number of rotatable bonds is 5. The molecular weight excluding hydrogens is 264 g/mol. The molecule has 0 aromatic heterocycles. The molecule has 0 spiro atoms. The fourth-order valence-corrected chi connectivity index (χ4v) is 2.62. The van der Waals surface area contributed by atoms with Crippen molar-refractivity contribution in [1.29, 1.82) is 0 Å². The fourth-order valence-electron chi connectivity index (χ4n) is 1.97. The molecule has 1 fully saturated rings. The van der Waals surface area contributed by atoms with Crippen LogP contribution in [0.15, 0.2) is 22.7 Å². The standard InChI is InChI=1S/C13H19BrN2/c1-2-7-16(9-10-3-4-10)13-6-5-11(15)8-12(13)14/h5-6,8,10H,2-4,7,9,15H2,1H3. The van der Waals surface area contributed by atoms with Crippen molar-refractivity contribution in [3.8, 4) is 0 Å². The predicted molar refractivity (Wildman–Crippen MR) is 73.8 cm³/mol. The number of hydrogen-bond donors (Lipinski definition) is 1. The molecule has 1 aromatic carbocycles. The Morgan fingerprint density at radius 2 is 2.19 bits per heavy atom. The van der Waals surface area contributed by atoms with Gasteiger partial charge in [0.25, 0.3) is 0 Å². The maximum atomic E-state index is 5.77. The second-order valence-corrected chi connectivity index (χ2v) is 5.45. The van der Waals surface area contributed by atoms with Gasteiger partial charge in [0.15, 0.2) is 0 Å². The molecule has 0 aliphatic heterocycles. The maximum Gasteiger partial charge on any atom is 0.0512 e. The summed E-state index contributed by atoms with van der Waals surface area (Å²) in [6.45, 7) is 4.54. The number of halogens is 1. The van der Waals surface area contributed by atoms with E-state index in [2.05, 4.69) is 33.8 Å².